The summed E-state index contributed by atoms with van der Waals surface area (Å²) in [4.78, 5) is 4.34. The Bertz CT molecular complexity index is 413. The van der Waals surface area contributed by atoms with Crippen molar-refractivity contribution in [3.8, 4) is 6.07 Å². The molecule has 1 aromatic carbocycles. The zero-order valence-corrected chi connectivity index (χ0v) is 8.20. The van der Waals surface area contributed by atoms with E-state index < -0.39 is 0 Å². The third-order valence-corrected chi connectivity index (χ3v) is 2.55. The Morgan fingerprint density at radius 3 is 3.07 bits per heavy atom. The quantitative estimate of drug-likeness (QED) is 0.695. The highest BCUT2D eigenvalue weighted by Gasteiger charge is 2.17. The largest absolute Gasteiger partial charge is 0.260 e. The molecule has 2 nitrogen and oxygen atoms in total. The lowest BCUT2D eigenvalue weighted by Crippen LogP contribution is -1.95. The molecule has 0 spiro atoms. The summed E-state index contributed by atoms with van der Waals surface area (Å²) in [5.41, 5.74) is 2.98. The topological polar surface area (TPSA) is 36.1 Å². The number of hydrogen-bond donors (Lipinski definition) is 0. The lowest BCUT2D eigenvalue weighted by Gasteiger charge is -2.07. The average Bonchev–Trinajstić information content (AvgIpc) is 2.61. The zero-order valence-electron chi connectivity index (χ0n) is 8.20. The number of benzene rings is 1. The van der Waals surface area contributed by atoms with Gasteiger partial charge in [0.1, 0.15) is 0 Å². The molecule has 0 aromatic heterocycles. The molecule has 1 aromatic rings. The lowest BCUT2D eigenvalue weighted by atomic mass is 9.95. The number of nitriles is 1. The van der Waals surface area contributed by atoms with E-state index in [-0.39, 0.29) is 0 Å². The third kappa shape index (κ3) is 1.42. The van der Waals surface area contributed by atoms with Crippen LogP contribution in [0.3, 0.4) is 0 Å². The molecule has 0 fully saturated rings. The molecule has 0 amide bonds. The normalized spacial score (nSPS) is 17.9. The van der Waals surface area contributed by atoms with E-state index >= 15 is 0 Å². The van der Waals surface area contributed by atoms with Crippen molar-refractivity contribution in [2.75, 3.05) is 0 Å². The number of fused-ring (bicyclic) bond motifs is 1. The first-order chi connectivity index (χ1) is 6.85. The van der Waals surface area contributed by atoms with Gasteiger partial charge in [0.15, 0.2) is 0 Å². The Labute approximate surface area is 83.9 Å². The van der Waals surface area contributed by atoms with Crippen LogP contribution < -0.4 is 0 Å². The molecule has 0 saturated carbocycles. The molecule has 1 heterocycles. The van der Waals surface area contributed by atoms with E-state index in [4.69, 9.17) is 5.26 Å². The third-order valence-electron chi connectivity index (χ3n) is 2.55. The van der Waals surface area contributed by atoms with Crippen molar-refractivity contribution in [2.24, 2.45) is 4.99 Å². The molecule has 1 aliphatic rings. The van der Waals surface area contributed by atoms with Crippen LogP contribution in [0.15, 0.2) is 23.2 Å². The van der Waals surface area contributed by atoms with E-state index in [1.54, 1.807) is 0 Å². The second kappa shape index (κ2) is 3.63. The van der Waals surface area contributed by atoms with Crippen LogP contribution in [0.5, 0.6) is 0 Å². The highest BCUT2D eigenvalue weighted by molar-refractivity contribution is 5.81. The van der Waals surface area contributed by atoms with E-state index in [1.165, 1.54) is 5.56 Å². The van der Waals surface area contributed by atoms with E-state index in [0.717, 1.165) is 24.1 Å². The van der Waals surface area contributed by atoms with Gasteiger partial charge in [0.2, 0.25) is 0 Å². The summed E-state index contributed by atoms with van der Waals surface area (Å²) in [6.45, 7) is 2.17. The van der Waals surface area contributed by atoms with Crippen LogP contribution in [0, 0.1) is 11.3 Å². The molecule has 0 saturated heterocycles. The van der Waals surface area contributed by atoms with Crippen LogP contribution in [0.1, 0.15) is 36.8 Å². The van der Waals surface area contributed by atoms with Gasteiger partial charge in [-0.15, -0.1) is 0 Å². The first kappa shape index (κ1) is 8.96. The van der Waals surface area contributed by atoms with Crippen molar-refractivity contribution in [1.29, 1.82) is 5.26 Å². The summed E-state index contributed by atoms with van der Waals surface area (Å²) in [7, 11) is 0. The lowest BCUT2D eigenvalue weighted by molar-refractivity contribution is 0.763. The van der Waals surface area contributed by atoms with E-state index in [9.17, 15) is 0 Å². The first-order valence-corrected chi connectivity index (χ1v) is 4.93. The number of nitrogens with zero attached hydrogens (tertiary/aromatic N) is 2. The molecule has 0 bridgehead atoms. The summed E-state index contributed by atoms with van der Waals surface area (Å²) in [6.07, 6.45) is 4.26. The Kier molecular flexibility index (Phi) is 2.32. The maximum Gasteiger partial charge on any atom is 0.0991 e. The average molecular weight is 184 g/mol. The van der Waals surface area contributed by atoms with E-state index in [2.05, 4.69) is 18.0 Å². The smallest absolute Gasteiger partial charge is 0.0991 e. The molecule has 14 heavy (non-hydrogen) atoms. The van der Waals surface area contributed by atoms with Crippen LogP contribution in [-0.4, -0.2) is 6.21 Å². The predicted octanol–water partition coefficient (Wildman–Crippen LogP) is 3.16. The number of rotatable bonds is 2. The minimum absolute atomic E-state index is 0.420. The van der Waals surface area contributed by atoms with E-state index in [1.807, 2.05) is 24.4 Å². The van der Waals surface area contributed by atoms with Gasteiger partial charge in [-0.2, -0.15) is 5.26 Å². The van der Waals surface area contributed by atoms with Crippen molar-refractivity contribution < 1.29 is 0 Å². The number of aliphatic imine (C=N–C) groups is 1. The zero-order chi connectivity index (χ0) is 9.97. The molecule has 1 aliphatic heterocycles. The Morgan fingerprint density at radius 1 is 1.50 bits per heavy atom. The van der Waals surface area contributed by atoms with Crippen molar-refractivity contribution in [1.82, 2.24) is 0 Å². The second-order valence-corrected chi connectivity index (χ2v) is 3.56. The van der Waals surface area contributed by atoms with Gasteiger partial charge >= 0.3 is 0 Å². The van der Waals surface area contributed by atoms with Gasteiger partial charge in [-0.1, -0.05) is 13.3 Å². The second-order valence-electron chi connectivity index (χ2n) is 3.56. The molecule has 2 rings (SSSR count). The Morgan fingerprint density at radius 2 is 2.36 bits per heavy atom. The van der Waals surface area contributed by atoms with Crippen molar-refractivity contribution in [3.63, 3.8) is 0 Å². The number of hydrogen-bond acceptors (Lipinski definition) is 2. The summed E-state index contributed by atoms with van der Waals surface area (Å²) in [5.74, 6) is 0.420. The monoisotopic (exact) mass is 184 g/mol. The minimum Gasteiger partial charge on any atom is -0.260 e. The summed E-state index contributed by atoms with van der Waals surface area (Å²) in [6, 6.07) is 7.88. The fourth-order valence-electron chi connectivity index (χ4n) is 1.83. The SMILES string of the molecule is CCCC1C=Nc2ccc(C#N)cc21. The summed E-state index contributed by atoms with van der Waals surface area (Å²) >= 11 is 0. The van der Waals surface area contributed by atoms with Gasteiger partial charge in [-0.25, -0.2) is 0 Å². The van der Waals surface area contributed by atoms with Crippen LogP contribution in [0.2, 0.25) is 0 Å². The first-order valence-electron chi connectivity index (χ1n) is 4.93. The van der Waals surface area contributed by atoms with Gasteiger partial charge in [0.05, 0.1) is 17.3 Å². The van der Waals surface area contributed by atoms with Gasteiger partial charge < -0.3 is 0 Å². The molecule has 1 unspecified atom stereocenters. The molecule has 0 N–H and O–H groups in total. The fourth-order valence-corrected chi connectivity index (χ4v) is 1.83. The minimum atomic E-state index is 0.420. The van der Waals surface area contributed by atoms with Gasteiger partial charge in [-0.3, -0.25) is 4.99 Å². The van der Waals surface area contributed by atoms with Crippen molar-refractivity contribution >= 4 is 11.9 Å². The van der Waals surface area contributed by atoms with Gasteiger partial charge in [0, 0.05) is 12.1 Å². The van der Waals surface area contributed by atoms with Crippen LogP contribution in [0.4, 0.5) is 5.69 Å². The molecule has 70 valence electrons. The standard InChI is InChI=1S/C12H12N2/c1-2-3-10-8-14-12-5-4-9(7-13)6-11(10)12/h4-6,8,10H,2-3H2,1H3. The molecule has 2 heteroatoms. The maximum atomic E-state index is 8.79. The molecular formula is C12H12N2. The highest BCUT2D eigenvalue weighted by atomic mass is 14.8. The fraction of sp³-hybridized carbons (Fsp3) is 0.333. The maximum absolute atomic E-state index is 8.79. The predicted molar refractivity (Wildman–Crippen MR) is 57.0 cm³/mol. The highest BCUT2D eigenvalue weighted by Crippen LogP contribution is 2.35. The molecular weight excluding hydrogens is 172 g/mol. The van der Waals surface area contributed by atoms with Gasteiger partial charge in [0.25, 0.3) is 0 Å². The Hall–Kier alpha value is -1.62. The van der Waals surface area contributed by atoms with Crippen LogP contribution in [-0.2, 0) is 0 Å². The Balaban J connectivity index is 2.37. The summed E-state index contributed by atoms with van der Waals surface area (Å²) < 4.78 is 0. The van der Waals surface area contributed by atoms with Gasteiger partial charge in [-0.05, 0) is 30.2 Å². The molecule has 1 atom stereocenters. The van der Waals surface area contributed by atoms with Crippen molar-refractivity contribution in [3.05, 3.63) is 29.3 Å². The van der Waals surface area contributed by atoms with Crippen molar-refractivity contribution in [2.45, 2.75) is 25.7 Å². The van der Waals surface area contributed by atoms with E-state index in [0.29, 0.717) is 5.92 Å². The molecule has 0 radical (unpaired) electrons. The molecule has 0 aliphatic carbocycles. The van der Waals surface area contributed by atoms with Crippen LogP contribution >= 0.6 is 0 Å². The van der Waals surface area contributed by atoms with Crippen LogP contribution in [0.25, 0.3) is 0 Å². The summed E-state index contributed by atoms with van der Waals surface area (Å²) in [5, 5.41) is 8.79.